The van der Waals surface area contributed by atoms with Crippen molar-refractivity contribution in [3.63, 3.8) is 0 Å². The van der Waals surface area contributed by atoms with E-state index in [0.717, 1.165) is 0 Å². The molecule has 0 aromatic heterocycles. The number of para-hydroxylation sites is 1. The number of carbonyl (C=O) groups excluding carboxylic acids is 2. The first-order valence-electron chi connectivity index (χ1n) is 10.3. The first kappa shape index (κ1) is 24.0. The highest BCUT2D eigenvalue weighted by Gasteiger charge is 2.30. The minimum absolute atomic E-state index is 0.0906. The Morgan fingerprint density at radius 1 is 1.13 bits per heavy atom. The van der Waals surface area contributed by atoms with Crippen molar-refractivity contribution in [3.05, 3.63) is 75.6 Å². The highest BCUT2D eigenvalue weighted by Crippen LogP contribution is 2.21. The third-order valence-electron chi connectivity index (χ3n) is 4.87. The van der Waals surface area contributed by atoms with Crippen LogP contribution in [0.4, 0.5) is 10.1 Å². The predicted octanol–water partition coefficient (Wildman–Crippen LogP) is 3.86. The highest BCUT2D eigenvalue weighted by atomic mass is 19.1. The Morgan fingerprint density at radius 3 is 2.35 bits per heavy atom. The van der Waals surface area contributed by atoms with Gasteiger partial charge in [-0.3, -0.25) is 19.7 Å². The van der Waals surface area contributed by atoms with Gasteiger partial charge in [-0.25, -0.2) is 4.39 Å². The molecule has 2 rings (SSSR count). The van der Waals surface area contributed by atoms with Gasteiger partial charge in [0.2, 0.25) is 11.8 Å². The van der Waals surface area contributed by atoms with Gasteiger partial charge in [0, 0.05) is 24.7 Å². The van der Waals surface area contributed by atoms with Gasteiger partial charge in [-0.05, 0) is 30.0 Å². The Bertz CT molecular complexity index is 915. The number of amides is 2. The number of halogens is 1. The Hall–Kier alpha value is -3.29. The predicted molar refractivity (Wildman–Crippen MR) is 116 cm³/mol. The van der Waals surface area contributed by atoms with Crippen molar-refractivity contribution in [2.75, 3.05) is 6.54 Å². The molecule has 0 bridgehead atoms. The molecule has 0 aliphatic rings. The lowest BCUT2D eigenvalue weighted by atomic mass is 10.1. The van der Waals surface area contributed by atoms with Crippen LogP contribution in [0.2, 0.25) is 0 Å². The third-order valence-corrected chi connectivity index (χ3v) is 4.87. The molecule has 166 valence electrons. The summed E-state index contributed by atoms with van der Waals surface area (Å²) < 4.78 is 13.3. The van der Waals surface area contributed by atoms with Crippen molar-refractivity contribution in [1.82, 2.24) is 10.2 Å². The number of nitro groups is 1. The van der Waals surface area contributed by atoms with E-state index in [4.69, 9.17) is 0 Å². The summed E-state index contributed by atoms with van der Waals surface area (Å²) in [7, 11) is 0. The molecule has 0 radical (unpaired) electrons. The lowest BCUT2D eigenvalue weighted by molar-refractivity contribution is -0.385. The molecule has 0 aliphatic carbocycles. The van der Waals surface area contributed by atoms with E-state index < -0.39 is 22.7 Å². The monoisotopic (exact) mass is 429 g/mol. The van der Waals surface area contributed by atoms with Gasteiger partial charge in [-0.2, -0.15) is 0 Å². The lowest BCUT2D eigenvalue weighted by Gasteiger charge is -2.31. The van der Waals surface area contributed by atoms with Crippen LogP contribution in [0.5, 0.6) is 0 Å². The summed E-state index contributed by atoms with van der Waals surface area (Å²) in [6.45, 7) is 6.30. The van der Waals surface area contributed by atoms with E-state index in [2.05, 4.69) is 5.32 Å². The molecule has 1 N–H and O–H groups in total. The molecule has 2 aromatic rings. The Balaban J connectivity index is 2.33. The van der Waals surface area contributed by atoms with Gasteiger partial charge in [0.15, 0.2) is 0 Å². The molecule has 1 unspecified atom stereocenters. The van der Waals surface area contributed by atoms with Crippen LogP contribution in [-0.4, -0.2) is 34.2 Å². The van der Waals surface area contributed by atoms with E-state index >= 15 is 0 Å². The van der Waals surface area contributed by atoms with Gasteiger partial charge >= 0.3 is 0 Å². The summed E-state index contributed by atoms with van der Waals surface area (Å²) in [5, 5.41) is 14.2. The third kappa shape index (κ3) is 6.87. The molecule has 0 spiro atoms. The standard InChI is InChI=1S/C23H28FN3O4/c1-4-20(23(29)25-14-16(2)3)26(15-17-9-11-19(24)12-10-17)22(28)13-18-7-5-6-8-21(18)27(30)31/h5-12,16,20H,4,13-15H2,1-3H3,(H,25,29). The normalized spacial score (nSPS) is 11.8. The maximum Gasteiger partial charge on any atom is 0.273 e. The van der Waals surface area contributed by atoms with Gasteiger partial charge in [-0.15, -0.1) is 0 Å². The minimum Gasteiger partial charge on any atom is -0.354 e. The zero-order valence-electron chi connectivity index (χ0n) is 18.0. The lowest BCUT2D eigenvalue weighted by Crippen LogP contribution is -2.50. The molecule has 0 fully saturated rings. The first-order chi connectivity index (χ1) is 14.7. The van der Waals surface area contributed by atoms with Gasteiger partial charge < -0.3 is 10.2 Å². The van der Waals surface area contributed by atoms with Crippen molar-refractivity contribution >= 4 is 17.5 Å². The fraction of sp³-hybridized carbons (Fsp3) is 0.391. The second kappa shape index (κ2) is 11.2. The van der Waals surface area contributed by atoms with E-state index in [0.29, 0.717) is 18.5 Å². The zero-order chi connectivity index (χ0) is 23.0. The van der Waals surface area contributed by atoms with Crippen LogP contribution in [0, 0.1) is 21.8 Å². The largest absolute Gasteiger partial charge is 0.354 e. The van der Waals surface area contributed by atoms with Gasteiger partial charge in [0.05, 0.1) is 11.3 Å². The number of carbonyl (C=O) groups is 2. The molecular weight excluding hydrogens is 401 g/mol. The van der Waals surface area contributed by atoms with Crippen LogP contribution >= 0.6 is 0 Å². The fourth-order valence-corrected chi connectivity index (χ4v) is 3.23. The van der Waals surface area contributed by atoms with E-state index in [1.54, 1.807) is 25.1 Å². The molecule has 1 atom stereocenters. The summed E-state index contributed by atoms with van der Waals surface area (Å²) in [5.74, 6) is -0.850. The molecule has 2 aromatic carbocycles. The van der Waals surface area contributed by atoms with Gasteiger partial charge in [0.1, 0.15) is 11.9 Å². The molecule has 31 heavy (non-hydrogen) atoms. The maximum absolute atomic E-state index is 13.3. The van der Waals surface area contributed by atoms with Crippen molar-refractivity contribution in [1.29, 1.82) is 0 Å². The number of nitro benzene ring substituents is 1. The van der Waals surface area contributed by atoms with Crippen molar-refractivity contribution in [2.24, 2.45) is 5.92 Å². The molecule has 2 amide bonds. The van der Waals surface area contributed by atoms with E-state index in [9.17, 15) is 24.1 Å². The zero-order valence-corrected chi connectivity index (χ0v) is 18.0. The van der Waals surface area contributed by atoms with Crippen molar-refractivity contribution in [3.8, 4) is 0 Å². The first-order valence-corrected chi connectivity index (χ1v) is 10.3. The van der Waals surface area contributed by atoms with Crippen molar-refractivity contribution in [2.45, 2.75) is 46.2 Å². The topological polar surface area (TPSA) is 92.6 Å². The number of nitrogens with zero attached hydrogens (tertiary/aromatic N) is 2. The van der Waals surface area contributed by atoms with E-state index in [1.165, 1.54) is 35.2 Å². The smallest absolute Gasteiger partial charge is 0.273 e. The SMILES string of the molecule is CCC(C(=O)NCC(C)C)N(Cc1ccc(F)cc1)C(=O)Cc1ccccc1[N+](=O)[O-]. The second-order valence-corrected chi connectivity index (χ2v) is 7.77. The summed E-state index contributed by atoms with van der Waals surface area (Å²) in [6, 6.07) is 11.0. The minimum atomic E-state index is -0.751. The average molecular weight is 429 g/mol. The fourth-order valence-electron chi connectivity index (χ4n) is 3.23. The van der Waals surface area contributed by atoms with Crippen LogP contribution in [-0.2, 0) is 22.6 Å². The molecule has 0 aliphatic heterocycles. The molecule has 0 saturated carbocycles. The number of benzene rings is 2. The molecular formula is C23H28FN3O4. The summed E-state index contributed by atoms with van der Waals surface area (Å²) in [4.78, 5) is 38.3. The number of hydrogen-bond acceptors (Lipinski definition) is 4. The van der Waals surface area contributed by atoms with E-state index in [-0.39, 0.29) is 36.0 Å². The second-order valence-electron chi connectivity index (χ2n) is 7.77. The summed E-state index contributed by atoms with van der Waals surface area (Å²) >= 11 is 0. The number of nitrogens with one attached hydrogen (secondary N) is 1. The highest BCUT2D eigenvalue weighted by molar-refractivity contribution is 5.88. The molecule has 0 saturated heterocycles. The number of rotatable bonds is 10. The Kier molecular flexibility index (Phi) is 8.66. The summed E-state index contributed by atoms with van der Waals surface area (Å²) in [6.07, 6.45) is 0.153. The van der Waals surface area contributed by atoms with Gasteiger partial charge in [-0.1, -0.05) is 51.1 Å². The van der Waals surface area contributed by atoms with Crippen LogP contribution in [0.15, 0.2) is 48.5 Å². The molecule has 0 heterocycles. The van der Waals surface area contributed by atoms with Crippen molar-refractivity contribution < 1.29 is 18.9 Å². The summed E-state index contributed by atoms with van der Waals surface area (Å²) in [5.41, 5.74) is 0.793. The van der Waals surface area contributed by atoms with Crippen LogP contribution in [0.1, 0.15) is 38.3 Å². The quantitative estimate of drug-likeness (QED) is 0.459. The Morgan fingerprint density at radius 2 is 1.77 bits per heavy atom. The number of hydrogen-bond donors (Lipinski definition) is 1. The van der Waals surface area contributed by atoms with Crippen LogP contribution < -0.4 is 5.32 Å². The maximum atomic E-state index is 13.3. The van der Waals surface area contributed by atoms with E-state index in [1.807, 2.05) is 13.8 Å². The molecule has 8 heteroatoms. The van der Waals surface area contributed by atoms with Gasteiger partial charge in [0.25, 0.3) is 5.69 Å². The van der Waals surface area contributed by atoms with Crippen LogP contribution in [0.3, 0.4) is 0 Å². The molecule has 7 nitrogen and oxygen atoms in total. The average Bonchev–Trinajstić information content (AvgIpc) is 2.73. The van der Waals surface area contributed by atoms with Crippen LogP contribution in [0.25, 0.3) is 0 Å². The Labute approximate surface area is 181 Å².